The third-order valence-corrected chi connectivity index (χ3v) is 4.96. The van der Waals surface area contributed by atoms with Crippen molar-refractivity contribution in [1.29, 1.82) is 0 Å². The lowest BCUT2D eigenvalue weighted by Gasteiger charge is -2.46. The lowest BCUT2D eigenvalue weighted by atomic mass is 9.85. The van der Waals surface area contributed by atoms with Crippen LogP contribution in [0.2, 0.25) is 0 Å². The molecule has 2 aliphatic heterocycles. The van der Waals surface area contributed by atoms with E-state index in [1.165, 1.54) is 16.8 Å². The highest BCUT2D eigenvalue weighted by molar-refractivity contribution is 5.99. The summed E-state index contributed by atoms with van der Waals surface area (Å²) in [6.45, 7) is 0.374. The average molecular weight is 338 g/mol. The summed E-state index contributed by atoms with van der Waals surface area (Å²) in [5, 5.41) is 2.88. The number of hydrogen-bond acceptors (Lipinski definition) is 4. The van der Waals surface area contributed by atoms with E-state index >= 15 is 0 Å². The quantitative estimate of drug-likeness (QED) is 0.776. The second kappa shape index (κ2) is 5.47. The van der Waals surface area contributed by atoms with E-state index in [1.807, 2.05) is 24.3 Å². The summed E-state index contributed by atoms with van der Waals surface area (Å²) in [5.74, 6) is -0.446. The molecule has 128 valence electrons. The van der Waals surface area contributed by atoms with Gasteiger partial charge in [0.15, 0.2) is 0 Å². The van der Waals surface area contributed by atoms with E-state index in [0.29, 0.717) is 18.5 Å². The van der Waals surface area contributed by atoms with Crippen LogP contribution >= 0.6 is 0 Å². The van der Waals surface area contributed by atoms with E-state index in [1.54, 1.807) is 11.9 Å². The largest absolute Gasteiger partial charge is 0.394 e. The summed E-state index contributed by atoms with van der Waals surface area (Å²) in [6, 6.07) is 8.47. The van der Waals surface area contributed by atoms with Gasteiger partial charge in [-0.3, -0.25) is 14.4 Å². The molecule has 2 aliphatic rings. The Bertz CT molecular complexity index is 923. The van der Waals surface area contributed by atoms with Crippen molar-refractivity contribution in [2.24, 2.45) is 7.05 Å². The van der Waals surface area contributed by atoms with Gasteiger partial charge < -0.3 is 20.5 Å². The molecular formula is C18H18N4O3. The molecular weight excluding hydrogens is 320 g/mol. The minimum Gasteiger partial charge on any atom is -0.394 e. The van der Waals surface area contributed by atoms with Crippen molar-refractivity contribution >= 4 is 17.5 Å². The smallest absolute Gasteiger partial charge is 0.273 e. The van der Waals surface area contributed by atoms with E-state index < -0.39 is 6.04 Å². The minimum atomic E-state index is -0.556. The van der Waals surface area contributed by atoms with Gasteiger partial charge in [-0.2, -0.15) is 0 Å². The fraction of sp³-hybridized carbons (Fsp3) is 0.278. The van der Waals surface area contributed by atoms with Crippen LogP contribution in [0.15, 0.2) is 41.3 Å². The molecule has 0 radical (unpaired) electrons. The van der Waals surface area contributed by atoms with Crippen molar-refractivity contribution in [1.82, 2.24) is 14.8 Å². The number of fused-ring (bicyclic) bond motifs is 4. The number of carbonyl (C=O) groups is 2. The van der Waals surface area contributed by atoms with Crippen LogP contribution in [0.3, 0.4) is 0 Å². The lowest BCUT2D eigenvalue weighted by Crippen LogP contribution is -2.61. The van der Waals surface area contributed by atoms with Gasteiger partial charge in [-0.15, -0.1) is 0 Å². The van der Waals surface area contributed by atoms with Gasteiger partial charge in [0.25, 0.3) is 11.5 Å². The van der Waals surface area contributed by atoms with Crippen LogP contribution in [-0.2, 0) is 18.3 Å². The molecule has 7 heteroatoms. The topological polar surface area (TPSA) is 97.4 Å². The number of nitrogen functional groups attached to an aromatic ring is 1. The number of piperazine rings is 1. The van der Waals surface area contributed by atoms with Crippen LogP contribution in [0, 0.1) is 0 Å². The molecule has 0 aliphatic carbocycles. The van der Waals surface area contributed by atoms with Gasteiger partial charge >= 0.3 is 0 Å². The van der Waals surface area contributed by atoms with E-state index in [-0.39, 0.29) is 29.1 Å². The maximum atomic E-state index is 13.2. The number of nitrogens with one attached hydrogen (secondary N) is 1. The predicted octanol–water partition coefficient (Wildman–Crippen LogP) is 0.205. The normalized spacial score (nSPS) is 21.5. The second-order valence-corrected chi connectivity index (χ2v) is 6.49. The van der Waals surface area contributed by atoms with Crippen molar-refractivity contribution in [3.63, 3.8) is 0 Å². The summed E-state index contributed by atoms with van der Waals surface area (Å²) in [7, 11) is 1.55. The first-order chi connectivity index (χ1) is 12.0. The summed E-state index contributed by atoms with van der Waals surface area (Å²) in [6.07, 6.45) is 1.95. The summed E-state index contributed by atoms with van der Waals surface area (Å²) >= 11 is 0. The van der Waals surface area contributed by atoms with Gasteiger partial charge in [0.05, 0.1) is 17.3 Å². The predicted molar refractivity (Wildman–Crippen MR) is 91.9 cm³/mol. The zero-order valence-corrected chi connectivity index (χ0v) is 13.7. The molecule has 2 atom stereocenters. The number of rotatable bonds is 1. The number of pyridine rings is 1. The highest BCUT2D eigenvalue weighted by Gasteiger charge is 2.44. The number of amides is 2. The Hall–Kier alpha value is -3.09. The first-order valence-electron chi connectivity index (χ1n) is 8.11. The molecule has 0 saturated carbocycles. The van der Waals surface area contributed by atoms with E-state index in [9.17, 15) is 14.4 Å². The third kappa shape index (κ3) is 2.31. The van der Waals surface area contributed by atoms with E-state index in [4.69, 9.17) is 5.73 Å². The Kier molecular flexibility index (Phi) is 3.38. The van der Waals surface area contributed by atoms with Crippen LogP contribution in [0.1, 0.15) is 27.5 Å². The van der Waals surface area contributed by atoms with Gasteiger partial charge in [-0.05, 0) is 17.2 Å². The molecule has 0 unspecified atom stereocenters. The average Bonchev–Trinajstić information content (AvgIpc) is 2.61. The summed E-state index contributed by atoms with van der Waals surface area (Å²) in [5.41, 5.74) is 7.84. The summed E-state index contributed by atoms with van der Waals surface area (Å²) in [4.78, 5) is 38.9. The van der Waals surface area contributed by atoms with E-state index in [2.05, 4.69) is 5.32 Å². The van der Waals surface area contributed by atoms with Crippen LogP contribution in [-0.4, -0.2) is 33.9 Å². The molecule has 3 heterocycles. The molecule has 7 nitrogen and oxygen atoms in total. The van der Waals surface area contributed by atoms with Crippen molar-refractivity contribution in [3.05, 3.63) is 63.6 Å². The fourth-order valence-electron chi connectivity index (χ4n) is 3.75. The van der Waals surface area contributed by atoms with Crippen molar-refractivity contribution in [2.45, 2.75) is 18.5 Å². The second-order valence-electron chi connectivity index (χ2n) is 6.49. The first-order valence-corrected chi connectivity index (χ1v) is 8.11. The number of anilines is 1. The van der Waals surface area contributed by atoms with Crippen LogP contribution in [0.4, 0.5) is 5.69 Å². The monoisotopic (exact) mass is 338 g/mol. The van der Waals surface area contributed by atoms with Crippen molar-refractivity contribution < 1.29 is 9.59 Å². The molecule has 2 bridgehead atoms. The van der Waals surface area contributed by atoms with Gasteiger partial charge in [0.1, 0.15) is 6.04 Å². The molecule has 4 rings (SSSR count). The van der Waals surface area contributed by atoms with Gasteiger partial charge in [-0.1, -0.05) is 24.3 Å². The Labute approximate surface area is 144 Å². The minimum absolute atomic E-state index is 0.0142. The number of aryl methyl sites for hydroxylation is 1. The molecule has 1 fully saturated rings. The zero-order chi connectivity index (χ0) is 17.7. The van der Waals surface area contributed by atoms with Gasteiger partial charge in [0, 0.05) is 26.2 Å². The molecule has 0 spiro atoms. The lowest BCUT2D eigenvalue weighted by molar-refractivity contribution is -0.130. The standard InChI is InChI=1S/C18H18N4O3/c1-21-9-11(6-13(19)18(21)25)17(24)22-14-7-10-4-2-3-5-12(10)15(22)8-20-16(14)23/h2-6,9,14-15H,7-8,19H2,1H3,(H,20,23)/t14-,15-/m0/s1. The SMILES string of the molecule is Cn1cc(C(=O)N2[C@H]3Cc4ccccc4[C@@H]2CNC3=O)cc(N)c1=O. The van der Waals surface area contributed by atoms with Crippen molar-refractivity contribution in [3.8, 4) is 0 Å². The Morgan fingerprint density at radius 1 is 1.24 bits per heavy atom. The highest BCUT2D eigenvalue weighted by atomic mass is 16.2. The molecule has 1 aromatic carbocycles. The molecule has 3 N–H and O–H groups in total. The van der Waals surface area contributed by atoms with E-state index in [0.717, 1.165) is 11.1 Å². The molecule has 1 aromatic heterocycles. The number of aromatic nitrogens is 1. The molecule has 25 heavy (non-hydrogen) atoms. The molecule has 2 aromatic rings. The highest BCUT2D eigenvalue weighted by Crippen LogP contribution is 2.36. The molecule has 2 amide bonds. The number of nitrogens with zero attached hydrogens (tertiary/aromatic N) is 2. The molecule has 1 saturated heterocycles. The Morgan fingerprint density at radius 2 is 2.00 bits per heavy atom. The Morgan fingerprint density at radius 3 is 2.76 bits per heavy atom. The maximum absolute atomic E-state index is 13.2. The van der Waals surface area contributed by atoms with Gasteiger partial charge in [0.2, 0.25) is 5.91 Å². The van der Waals surface area contributed by atoms with Crippen molar-refractivity contribution in [2.75, 3.05) is 12.3 Å². The number of nitrogens with two attached hydrogens (primary N) is 1. The summed E-state index contributed by atoms with van der Waals surface area (Å²) < 4.78 is 1.29. The maximum Gasteiger partial charge on any atom is 0.273 e. The first kappa shape index (κ1) is 15.4. The number of hydrogen-bond donors (Lipinski definition) is 2. The Balaban J connectivity index is 1.80. The number of benzene rings is 1. The fourth-order valence-corrected chi connectivity index (χ4v) is 3.75. The van der Waals surface area contributed by atoms with Crippen LogP contribution < -0.4 is 16.6 Å². The number of carbonyl (C=O) groups excluding carboxylic acids is 2. The van der Waals surface area contributed by atoms with Crippen LogP contribution in [0.5, 0.6) is 0 Å². The van der Waals surface area contributed by atoms with Crippen LogP contribution in [0.25, 0.3) is 0 Å². The zero-order valence-electron chi connectivity index (χ0n) is 13.7. The third-order valence-electron chi connectivity index (χ3n) is 4.96. The van der Waals surface area contributed by atoms with Gasteiger partial charge in [-0.25, -0.2) is 0 Å².